The highest BCUT2D eigenvalue weighted by atomic mass is 16.1. The smallest absolute Gasteiger partial charge is 0.266 e. The molecule has 0 atom stereocenters. The van der Waals surface area contributed by atoms with Gasteiger partial charge >= 0.3 is 0 Å². The van der Waals surface area contributed by atoms with Gasteiger partial charge in [-0.15, -0.1) is 0 Å². The summed E-state index contributed by atoms with van der Waals surface area (Å²) < 4.78 is 1.52. The highest BCUT2D eigenvalue weighted by Gasteiger charge is 2.18. The number of hydrogen-bond donors (Lipinski definition) is 0. The summed E-state index contributed by atoms with van der Waals surface area (Å²) in [7, 11) is 0. The standard InChI is InChI=1S/C16H19N7O/c1-13-2-3-16(24)23(20-13)9-6-21-4-7-22(8-5-21)15-12-18-14(10-17)11-19-15/h2-3,11-12H,4-9H2,1H3. The molecule has 0 aliphatic carbocycles. The fourth-order valence-corrected chi connectivity index (χ4v) is 2.69. The molecule has 0 saturated carbocycles. The number of nitriles is 1. The fraction of sp³-hybridized carbons (Fsp3) is 0.438. The van der Waals surface area contributed by atoms with Crippen LogP contribution in [0, 0.1) is 18.3 Å². The van der Waals surface area contributed by atoms with Gasteiger partial charge in [-0.3, -0.25) is 9.69 Å². The van der Waals surface area contributed by atoms with Gasteiger partial charge in [-0.1, -0.05) is 0 Å². The summed E-state index contributed by atoms with van der Waals surface area (Å²) >= 11 is 0. The molecular formula is C16H19N7O. The van der Waals surface area contributed by atoms with Gasteiger partial charge in [-0.05, 0) is 13.0 Å². The zero-order valence-corrected chi connectivity index (χ0v) is 13.6. The van der Waals surface area contributed by atoms with E-state index in [4.69, 9.17) is 5.26 Å². The monoisotopic (exact) mass is 325 g/mol. The molecule has 8 nitrogen and oxygen atoms in total. The largest absolute Gasteiger partial charge is 0.353 e. The third-order valence-corrected chi connectivity index (χ3v) is 4.08. The Balaban J connectivity index is 1.52. The predicted octanol–water partition coefficient (Wildman–Crippen LogP) is 0.0356. The number of nitrogens with zero attached hydrogens (tertiary/aromatic N) is 7. The summed E-state index contributed by atoms with van der Waals surface area (Å²) in [6.45, 7) is 6.74. The van der Waals surface area contributed by atoms with E-state index in [1.807, 2.05) is 13.0 Å². The van der Waals surface area contributed by atoms with Crippen LogP contribution in [0.3, 0.4) is 0 Å². The van der Waals surface area contributed by atoms with Crippen molar-refractivity contribution in [2.45, 2.75) is 13.5 Å². The molecule has 0 N–H and O–H groups in total. The molecule has 0 radical (unpaired) electrons. The lowest BCUT2D eigenvalue weighted by molar-refractivity contribution is 0.242. The van der Waals surface area contributed by atoms with Crippen molar-refractivity contribution in [1.29, 1.82) is 5.26 Å². The van der Waals surface area contributed by atoms with Crippen LogP contribution in [0.4, 0.5) is 5.82 Å². The molecule has 3 heterocycles. The maximum Gasteiger partial charge on any atom is 0.266 e. The van der Waals surface area contributed by atoms with Crippen molar-refractivity contribution in [2.75, 3.05) is 37.6 Å². The second-order valence-electron chi connectivity index (χ2n) is 5.74. The minimum Gasteiger partial charge on any atom is -0.353 e. The van der Waals surface area contributed by atoms with E-state index in [0.717, 1.165) is 44.2 Å². The van der Waals surface area contributed by atoms with Crippen LogP contribution < -0.4 is 10.5 Å². The Labute approximate surface area is 140 Å². The van der Waals surface area contributed by atoms with Crippen LogP contribution in [0.1, 0.15) is 11.4 Å². The number of hydrogen-bond acceptors (Lipinski definition) is 7. The average Bonchev–Trinajstić information content (AvgIpc) is 2.63. The average molecular weight is 325 g/mol. The fourth-order valence-electron chi connectivity index (χ4n) is 2.69. The Morgan fingerprint density at radius 3 is 2.58 bits per heavy atom. The molecular weight excluding hydrogens is 306 g/mol. The summed E-state index contributed by atoms with van der Waals surface area (Å²) in [6, 6.07) is 5.26. The summed E-state index contributed by atoms with van der Waals surface area (Å²) in [4.78, 5) is 24.6. The Kier molecular flexibility index (Phi) is 4.82. The van der Waals surface area contributed by atoms with E-state index in [0.29, 0.717) is 12.2 Å². The van der Waals surface area contributed by atoms with E-state index in [1.165, 1.54) is 10.9 Å². The van der Waals surface area contributed by atoms with Gasteiger partial charge in [0.2, 0.25) is 0 Å². The minimum absolute atomic E-state index is 0.0629. The second-order valence-corrected chi connectivity index (χ2v) is 5.74. The van der Waals surface area contributed by atoms with Gasteiger partial charge in [0.15, 0.2) is 5.69 Å². The summed E-state index contributed by atoms with van der Waals surface area (Å²) in [5.74, 6) is 0.797. The van der Waals surface area contributed by atoms with Crippen LogP contribution >= 0.6 is 0 Å². The minimum atomic E-state index is -0.0629. The van der Waals surface area contributed by atoms with Crippen molar-refractivity contribution in [3.8, 4) is 6.07 Å². The molecule has 24 heavy (non-hydrogen) atoms. The van der Waals surface area contributed by atoms with Gasteiger partial charge < -0.3 is 4.90 Å². The van der Waals surface area contributed by atoms with Crippen LogP contribution in [-0.2, 0) is 6.54 Å². The molecule has 1 saturated heterocycles. The summed E-state index contributed by atoms with van der Waals surface area (Å²) in [5, 5.41) is 13.0. The lowest BCUT2D eigenvalue weighted by atomic mass is 10.3. The van der Waals surface area contributed by atoms with Crippen LogP contribution in [0.25, 0.3) is 0 Å². The van der Waals surface area contributed by atoms with Crippen LogP contribution in [0.5, 0.6) is 0 Å². The van der Waals surface area contributed by atoms with E-state index in [2.05, 4.69) is 24.9 Å². The van der Waals surface area contributed by atoms with Gasteiger partial charge in [0.1, 0.15) is 11.9 Å². The van der Waals surface area contributed by atoms with E-state index < -0.39 is 0 Å². The first-order valence-corrected chi connectivity index (χ1v) is 7.90. The molecule has 0 aromatic carbocycles. The number of piperazine rings is 1. The van der Waals surface area contributed by atoms with E-state index >= 15 is 0 Å². The molecule has 0 unspecified atom stereocenters. The van der Waals surface area contributed by atoms with Crippen molar-refractivity contribution >= 4 is 5.82 Å². The number of aromatic nitrogens is 4. The van der Waals surface area contributed by atoms with Crippen molar-refractivity contribution in [1.82, 2.24) is 24.6 Å². The molecule has 8 heteroatoms. The first kappa shape index (κ1) is 16.1. The first-order chi connectivity index (χ1) is 11.7. The van der Waals surface area contributed by atoms with E-state index in [9.17, 15) is 4.79 Å². The maximum atomic E-state index is 11.8. The molecule has 1 aliphatic heterocycles. The van der Waals surface area contributed by atoms with Gasteiger partial charge in [-0.2, -0.15) is 10.4 Å². The lowest BCUT2D eigenvalue weighted by Gasteiger charge is -2.35. The molecule has 124 valence electrons. The van der Waals surface area contributed by atoms with Gasteiger partial charge in [0, 0.05) is 38.8 Å². The molecule has 0 bridgehead atoms. The molecule has 2 aromatic heterocycles. The second kappa shape index (κ2) is 7.19. The van der Waals surface area contributed by atoms with Crippen LogP contribution in [0.15, 0.2) is 29.3 Å². The Hall–Kier alpha value is -2.79. The highest BCUT2D eigenvalue weighted by molar-refractivity contribution is 5.37. The molecule has 0 spiro atoms. The maximum absolute atomic E-state index is 11.8. The SMILES string of the molecule is Cc1ccc(=O)n(CCN2CCN(c3cnc(C#N)cn3)CC2)n1. The zero-order valence-electron chi connectivity index (χ0n) is 13.6. The molecule has 2 aromatic rings. The Morgan fingerprint density at radius 1 is 1.12 bits per heavy atom. The predicted molar refractivity (Wildman–Crippen MR) is 88.6 cm³/mol. The molecule has 3 rings (SSSR count). The summed E-state index contributed by atoms with van der Waals surface area (Å²) in [6.07, 6.45) is 3.14. The zero-order chi connectivity index (χ0) is 16.9. The van der Waals surface area contributed by atoms with Crippen molar-refractivity contribution < 1.29 is 0 Å². The quantitative estimate of drug-likeness (QED) is 0.783. The number of rotatable bonds is 4. The summed E-state index contributed by atoms with van der Waals surface area (Å²) in [5.41, 5.74) is 1.11. The normalized spacial score (nSPS) is 15.2. The molecule has 1 fully saturated rings. The first-order valence-electron chi connectivity index (χ1n) is 7.90. The topological polar surface area (TPSA) is 90.9 Å². The van der Waals surface area contributed by atoms with Crippen molar-refractivity contribution in [3.63, 3.8) is 0 Å². The third-order valence-electron chi connectivity index (χ3n) is 4.08. The lowest BCUT2D eigenvalue weighted by Crippen LogP contribution is -2.48. The van der Waals surface area contributed by atoms with Crippen LogP contribution in [0.2, 0.25) is 0 Å². The van der Waals surface area contributed by atoms with E-state index in [1.54, 1.807) is 18.3 Å². The van der Waals surface area contributed by atoms with Crippen molar-refractivity contribution in [2.24, 2.45) is 0 Å². The van der Waals surface area contributed by atoms with Crippen molar-refractivity contribution in [3.05, 3.63) is 46.3 Å². The highest BCUT2D eigenvalue weighted by Crippen LogP contribution is 2.12. The number of aryl methyl sites for hydroxylation is 1. The Morgan fingerprint density at radius 2 is 1.92 bits per heavy atom. The van der Waals surface area contributed by atoms with Crippen LogP contribution in [-0.4, -0.2) is 57.4 Å². The van der Waals surface area contributed by atoms with Gasteiger partial charge in [-0.25, -0.2) is 14.6 Å². The van der Waals surface area contributed by atoms with E-state index in [-0.39, 0.29) is 5.56 Å². The number of anilines is 1. The third kappa shape index (κ3) is 3.75. The van der Waals surface area contributed by atoms with Gasteiger partial charge in [0.05, 0.1) is 24.6 Å². The Bertz CT molecular complexity index is 785. The molecule has 1 aliphatic rings. The molecule has 0 amide bonds. The van der Waals surface area contributed by atoms with Gasteiger partial charge in [0.25, 0.3) is 5.56 Å².